The van der Waals surface area contributed by atoms with Crippen LogP contribution in [0, 0.1) is 0 Å². The molecule has 3 rings (SSSR count). The lowest BCUT2D eigenvalue weighted by Gasteiger charge is -2.14. The standard InChI is InChI=1S/C16H13ClN4O4S/c1-9(13(22)19-20-14(23)10-5-3-2-4-6-10)25-15(24)11-12(17)18-16-21(11)7-8-26-16/h2-9H,1H3,(H,19,22)(H,20,23)/t9-/m1/s1. The van der Waals surface area contributed by atoms with Crippen molar-refractivity contribution in [1.82, 2.24) is 20.2 Å². The van der Waals surface area contributed by atoms with Crippen molar-refractivity contribution in [2.75, 3.05) is 0 Å². The number of esters is 1. The lowest BCUT2D eigenvalue weighted by atomic mass is 10.2. The molecule has 2 N–H and O–H groups in total. The summed E-state index contributed by atoms with van der Waals surface area (Å²) in [6.07, 6.45) is 0.471. The van der Waals surface area contributed by atoms with E-state index in [1.165, 1.54) is 22.7 Å². The first-order chi connectivity index (χ1) is 12.5. The van der Waals surface area contributed by atoms with Crippen molar-refractivity contribution in [3.8, 4) is 0 Å². The summed E-state index contributed by atoms with van der Waals surface area (Å²) in [7, 11) is 0. The fraction of sp³-hybridized carbons (Fsp3) is 0.125. The topological polar surface area (TPSA) is 102 Å². The first kappa shape index (κ1) is 17.9. The highest BCUT2D eigenvalue weighted by atomic mass is 35.5. The SMILES string of the molecule is C[C@@H](OC(=O)c1c(Cl)nc2sccn12)C(=O)NNC(=O)c1ccccc1. The molecule has 1 aromatic carbocycles. The van der Waals surface area contributed by atoms with Crippen molar-refractivity contribution in [1.29, 1.82) is 0 Å². The van der Waals surface area contributed by atoms with Gasteiger partial charge in [-0.25, -0.2) is 9.78 Å². The molecule has 0 saturated carbocycles. The predicted octanol–water partition coefficient (Wildman–Crippen LogP) is 2.06. The molecular formula is C16H13ClN4O4S. The number of amides is 2. The molecule has 134 valence electrons. The first-order valence-electron chi connectivity index (χ1n) is 7.44. The molecular weight excluding hydrogens is 380 g/mol. The number of ether oxygens (including phenoxy) is 1. The summed E-state index contributed by atoms with van der Waals surface area (Å²) in [4.78, 5) is 40.8. The van der Waals surface area contributed by atoms with Crippen LogP contribution in [-0.4, -0.2) is 33.3 Å². The Balaban J connectivity index is 1.59. The van der Waals surface area contributed by atoms with Gasteiger partial charge in [-0.1, -0.05) is 29.8 Å². The number of carbonyl (C=O) groups is 3. The van der Waals surface area contributed by atoms with E-state index in [0.29, 0.717) is 10.5 Å². The van der Waals surface area contributed by atoms with Gasteiger partial charge in [0.15, 0.2) is 21.9 Å². The highest BCUT2D eigenvalue weighted by Crippen LogP contribution is 2.22. The molecule has 3 aromatic rings. The molecule has 0 radical (unpaired) electrons. The summed E-state index contributed by atoms with van der Waals surface area (Å²) < 4.78 is 6.59. The number of hydrogen-bond acceptors (Lipinski definition) is 6. The number of fused-ring (bicyclic) bond motifs is 1. The van der Waals surface area contributed by atoms with Crippen LogP contribution in [0.2, 0.25) is 5.15 Å². The highest BCUT2D eigenvalue weighted by molar-refractivity contribution is 7.15. The van der Waals surface area contributed by atoms with Crippen LogP contribution in [0.25, 0.3) is 4.96 Å². The number of benzene rings is 1. The van der Waals surface area contributed by atoms with Crippen molar-refractivity contribution in [3.05, 3.63) is 58.3 Å². The van der Waals surface area contributed by atoms with Crippen LogP contribution < -0.4 is 10.9 Å². The maximum Gasteiger partial charge on any atom is 0.359 e. The molecule has 0 fully saturated rings. The zero-order chi connectivity index (χ0) is 18.7. The third-order valence-electron chi connectivity index (χ3n) is 3.40. The third-order valence-corrected chi connectivity index (χ3v) is 4.42. The van der Waals surface area contributed by atoms with Gasteiger partial charge in [-0.2, -0.15) is 0 Å². The van der Waals surface area contributed by atoms with E-state index >= 15 is 0 Å². The first-order valence-corrected chi connectivity index (χ1v) is 8.70. The fourth-order valence-corrected chi connectivity index (χ4v) is 3.11. The van der Waals surface area contributed by atoms with E-state index in [1.807, 2.05) is 0 Å². The smallest absolute Gasteiger partial charge is 0.359 e. The van der Waals surface area contributed by atoms with Gasteiger partial charge in [0.1, 0.15) is 0 Å². The summed E-state index contributed by atoms with van der Waals surface area (Å²) in [6, 6.07) is 8.35. The second kappa shape index (κ2) is 7.54. The molecule has 1 atom stereocenters. The molecule has 0 saturated heterocycles. The van der Waals surface area contributed by atoms with Gasteiger partial charge < -0.3 is 4.74 Å². The summed E-state index contributed by atoms with van der Waals surface area (Å²) in [5.74, 6) is -1.97. The molecule has 0 aliphatic rings. The number of carbonyl (C=O) groups excluding carboxylic acids is 3. The average molecular weight is 393 g/mol. The van der Waals surface area contributed by atoms with Crippen molar-refractivity contribution in [2.24, 2.45) is 0 Å². The van der Waals surface area contributed by atoms with Gasteiger partial charge in [0.05, 0.1) is 0 Å². The molecule has 0 aliphatic carbocycles. The van der Waals surface area contributed by atoms with E-state index in [0.717, 1.165) is 0 Å². The van der Waals surface area contributed by atoms with Gasteiger partial charge >= 0.3 is 5.97 Å². The number of hydrogen-bond donors (Lipinski definition) is 2. The molecule has 0 bridgehead atoms. The molecule has 2 aromatic heterocycles. The van der Waals surface area contributed by atoms with Gasteiger partial charge in [-0.05, 0) is 19.1 Å². The number of nitrogens with one attached hydrogen (secondary N) is 2. The number of thiazole rings is 1. The van der Waals surface area contributed by atoms with E-state index < -0.39 is 23.9 Å². The Morgan fingerprint density at radius 1 is 1.23 bits per heavy atom. The minimum absolute atomic E-state index is 0.00756. The van der Waals surface area contributed by atoms with Gasteiger partial charge in [0, 0.05) is 17.1 Å². The number of rotatable bonds is 4. The monoisotopic (exact) mass is 392 g/mol. The quantitative estimate of drug-likeness (QED) is 0.522. The van der Waals surface area contributed by atoms with Crippen molar-refractivity contribution >= 4 is 45.7 Å². The van der Waals surface area contributed by atoms with Gasteiger partial charge in [-0.15, -0.1) is 11.3 Å². The Morgan fingerprint density at radius 3 is 2.69 bits per heavy atom. The van der Waals surface area contributed by atoms with Gasteiger partial charge in [0.2, 0.25) is 0 Å². The Kier molecular flexibility index (Phi) is 5.19. The van der Waals surface area contributed by atoms with Crippen molar-refractivity contribution < 1.29 is 19.1 Å². The van der Waals surface area contributed by atoms with E-state index in [1.54, 1.807) is 41.9 Å². The second-order valence-corrected chi connectivity index (χ2v) is 6.39. The molecule has 0 aliphatic heterocycles. The summed E-state index contributed by atoms with van der Waals surface area (Å²) in [6.45, 7) is 1.38. The van der Waals surface area contributed by atoms with Gasteiger partial charge in [-0.3, -0.25) is 24.8 Å². The zero-order valence-electron chi connectivity index (χ0n) is 13.4. The fourth-order valence-electron chi connectivity index (χ4n) is 2.09. The van der Waals surface area contributed by atoms with Crippen LogP contribution in [-0.2, 0) is 9.53 Å². The average Bonchev–Trinajstić information content (AvgIpc) is 3.19. The molecule has 10 heteroatoms. The third kappa shape index (κ3) is 3.68. The lowest BCUT2D eigenvalue weighted by Crippen LogP contribution is -2.46. The molecule has 8 nitrogen and oxygen atoms in total. The summed E-state index contributed by atoms with van der Waals surface area (Å²) >= 11 is 7.26. The van der Waals surface area contributed by atoms with E-state index in [9.17, 15) is 14.4 Å². The number of imidazole rings is 1. The molecule has 0 unspecified atom stereocenters. The highest BCUT2D eigenvalue weighted by Gasteiger charge is 2.25. The van der Waals surface area contributed by atoms with Crippen LogP contribution in [0.4, 0.5) is 0 Å². The zero-order valence-corrected chi connectivity index (χ0v) is 15.0. The van der Waals surface area contributed by atoms with Crippen LogP contribution in [0.1, 0.15) is 27.8 Å². The second-order valence-electron chi connectivity index (χ2n) is 5.16. The van der Waals surface area contributed by atoms with E-state index in [4.69, 9.17) is 16.3 Å². The minimum Gasteiger partial charge on any atom is -0.448 e. The molecule has 2 amide bonds. The van der Waals surface area contributed by atoms with Crippen LogP contribution >= 0.6 is 22.9 Å². The van der Waals surface area contributed by atoms with Crippen LogP contribution in [0.5, 0.6) is 0 Å². The normalized spacial score (nSPS) is 11.8. The number of halogens is 1. The van der Waals surface area contributed by atoms with Crippen molar-refractivity contribution in [3.63, 3.8) is 0 Å². The van der Waals surface area contributed by atoms with Gasteiger partial charge in [0.25, 0.3) is 11.8 Å². The Morgan fingerprint density at radius 2 is 1.96 bits per heavy atom. The number of nitrogens with zero attached hydrogens (tertiary/aromatic N) is 2. The van der Waals surface area contributed by atoms with Crippen LogP contribution in [0.3, 0.4) is 0 Å². The van der Waals surface area contributed by atoms with Crippen LogP contribution in [0.15, 0.2) is 41.9 Å². The summed E-state index contributed by atoms with van der Waals surface area (Å²) in [5, 5.41) is 1.73. The van der Waals surface area contributed by atoms with E-state index in [2.05, 4.69) is 15.8 Å². The van der Waals surface area contributed by atoms with E-state index in [-0.39, 0.29) is 10.8 Å². The summed E-state index contributed by atoms with van der Waals surface area (Å²) in [5.41, 5.74) is 4.88. The predicted molar refractivity (Wildman–Crippen MR) is 95.0 cm³/mol. The lowest BCUT2D eigenvalue weighted by molar-refractivity contribution is -0.129. The number of hydrazine groups is 1. The molecule has 2 heterocycles. The maximum absolute atomic E-state index is 12.3. The Hall–Kier alpha value is -2.91. The molecule has 0 spiro atoms. The molecule has 26 heavy (non-hydrogen) atoms. The Labute approximate surface area is 156 Å². The number of aromatic nitrogens is 2. The maximum atomic E-state index is 12.3. The minimum atomic E-state index is -1.15. The largest absolute Gasteiger partial charge is 0.448 e. The Bertz CT molecular complexity index is 969. The van der Waals surface area contributed by atoms with Crippen molar-refractivity contribution in [2.45, 2.75) is 13.0 Å².